The molecule has 1 heterocycles. The SMILES string of the molecule is COC(=O)Oc1c(CNC(=O)c2cccc(OC)c2)c(=O)c2ccc(OC)cc2n1-c1ccccc1. The highest BCUT2D eigenvalue weighted by molar-refractivity contribution is 5.94. The fraction of sp³-hybridized carbons (Fsp3) is 0.148. The first-order chi connectivity index (χ1) is 17.5. The van der Waals surface area contributed by atoms with Crippen LogP contribution in [0.15, 0.2) is 77.6 Å². The van der Waals surface area contributed by atoms with Gasteiger partial charge in [0.1, 0.15) is 11.5 Å². The third-order valence-electron chi connectivity index (χ3n) is 5.54. The van der Waals surface area contributed by atoms with Crippen molar-refractivity contribution in [1.29, 1.82) is 0 Å². The summed E-state index contributed by atoms with van der Waals surface area (Å²) in [5, 5.41) is 3.09. The lowest BCUT2D eigenvalue weighted by atomic mass is 10.1. The Morgan fingerprint density at radius 1 is 0.861 bits per heavy atom. The Morgan fingerprint density at radius 3 is 2.28 bits per heavy atom. The van der Waals surface area contributed by atoms with Gasteiger partial charge in [0, 0.05) is 22.7 Å². The van der Waals surface area contributed by atoms with Crippen LogP contribution >= 0.6 is 0 Å². The maximum atomic E-state index is 13.6. The van der Waals surface area contributed by atoms with Crippen molar-refractivity contribution in [3.8, 4) is 23.1 Å². The second kappa shape index (κ2) is 10.6. The molecule has 1 amide bonds. The van der Waals surface area contributed by atoms with Gasteiger partial charge in [0.25, 0.3) is 5.91 Å². The van der Waals surface area contributed by atoms with Gasteiger partial charge in [-0.2, -0.15) is 0 Å². The van der Waals surface area contributed by atoms with Crippen molar-refractivity contribution in [2.24, 2.45) is 0 Å². The fourth-order valence-corrected chi connectivity index (χ4v) is 3.77. The Balaban J connectivity index is 1.90. The minimum Gasteiger partial charge on any atom is -0.497 e. The molecule has 0 fully saturated rings. The van der Waals surface area contributed by atoms with Crippen LogP contribution in [-0.2, 0) is 11.3 Å². The Bertz CT molecular complexity index is 1480. The van der Waals surface area contributed by atoms with E-state index in [1.54, 1.807) is 59.2 Å². The van der Waals surface area contributed by atoms with Crippen LogP contribution in [0.1, 0.15) is 15.9 Å². The molecule has 36 heavy (non-hydrogen) atoms. The minimum absolute atomic E-state index is 0.0677. The van der Waals surface area contributed by atoms with Gasteiger partial charge in [-0.25, -0.2) is 4.79 Å². The van der Waals surface area contributed by atoms with Gasteiger partial charge in [0.15, 0.2) is 5.43 Å². The van der Waals surface area contributed by atoms with E-state index in [9.17, 15) is 14.4 Å². The predicted octanol–water partition coefficient (Wildman–Crippen LogP) is 4.08. The van der Waals surface area contributed by atoms with Crippen molar-refractivity contribution in [3.63, 3.8) is 0 Å². The molecule has 0 aliphatic carbocycles. The van der Waals surface area contributed by atoms with E-state index >= 15 is 0 Å². The van der Waals surface area contributed by atoms with Gasteiger partial charge < -0.3 is 24.3 Å². The lowest BCUT2D eigenvalue weighted by Gasteiger charge is -2.20. The molecule has 0 bridgehead atoms. The van der Waals surface area contributed by atoms with Gasteiger partial charge in [-0.3, -0.25) is 14.2 Å². The lowest BCUT2D eigenvalue weighted by Crippen LogP contribution is -2.29. The van der Waals surface area contributed by atoms with Gasteiger partial charge in [0.2, 0.25) is 5.88 Å². The molecule has 0 atom stereocenters. The molecule has 4 rings (SSSR count). The number of carbonyl (C=O) groups excluding carboxylic acids is 2. The number of rotatable bonds is 7. The Labute approximate surface area is 206 Å². The van der Waals surface area contributed by atoms with Crippen LogP contribution in [0.2, 0.25) is 0 Å². The van der Waals surface area contributed by atoms with Crippen LogP contribution in [0, 0.1) is 0 Å². The van der Waals surface area contributed by atoms with Crippen molar-refractivity contribution in [2.75, 3.05) is 21.3 Å². The van der Waals surface area contributed by atoms with Crippen LogP contribution in [0.4, 0.5) is 4.79 Å². The number of benzene rings is 3. The molecular weight excluding hydrogens is 464 g/mol. The second-order valence-electron chi connectivity index (χ2n) is 7.64. The van der Waals surface area contributed by atoms with E-state index in [-0.39, 0.29) is 18.0 Å². The molecule has 0 aliphatic heterocycles. The highest BCUT2D eigenvalue weighted by atomic mass is 16.7. The largest absolute Gasteiger partial charge is 0.514 e. The van der Waals surface area contributed by atoms with Crippen LogP contribution in [-0.4, -0.2) is 38.0 Å². The molecule has 0 saturated heterocycles. The molecule has 9 heteroatoms. The molecule has 0 radical (unpaired) electrons. The number of fused-ring (bicyclic) bond motifs is 1. The smallest absolute Gasteiger partial charge is 0.497 e. The first-order valence-electron chi connectivity index (χ1n) is 11.0. The lowest BCUT2D eigenvalue weighted by molar-refractivity contribution is 0.0950. The summed E-state index contributed by atoms with van der Waals surface area (Å²) in [6.07, 6.45) is -1.01. The number of ether oxygens (including phenoxy) is 4. The number of carbonyl (C=O) groups is 2. The quantitative estimate of drug-likeness (QED) is 0.391. The zero-order valence-electron chi connectivity index (χ0n) is 19.9. The molecule has 184 valence electrons. The minimum atomic E-state index is -1.01. The highest BCUT2D eigenvalue weighted by Gasteiger charge is 2.23. The topological polar surface area (TPSA) is 105 Å². The number of methoxy groups -OCH3 is 3. The number of amides is 1. The zero-order valence-corrected chi connectivity index (χ0v) is 19.9. The number of para-hydroxylation sites is 1. The van der Waals surface area contributed by atoms with E-state index in [1.807, 2.05) is 18.2 Å². The first-order valence-corrected chi connectivity index (χ1v) is 11.0. The summed E-state index contributed by atoms with van der Waals surface area (Å²) in [5.74, 6) is 0.515. The van der Waals surface area contributed by atoms with Crippen LogP contribution in [0.25, 0.3) is 16.6 Å². The number of pyridine rings is 1. The summed E-state index contributed by atoms with van der Waals surface area (Å²) in [7, 11) is 4.19. The highest BCUT2D eigenvalue weighted by Crippen LogP contribution is 2.30. The van der Waals surface area contributed by atoms with Gasteiger partial charge in [-0.05, 0) is 42.5 Å². The van der Waals surface area contributed by atoms with Crippen LogP contribution < -0.4 is 25.0 Å². The summed E-state index contributed by atoms with van der Waals surface area (Å²) in [6.45, 7) is -0.212. The van der Waals surface area contributed by atoms with Crippen molar-refractivity contribution in [3.05, 3.63) is 94.1 Å². The third-order valence-corrected chi connectivity index (χ3v) is 5.54. The molecule has 0 unspecified atom stereocenters. The molecule has 9 nitrogen and oxygen atoms in total. The molecule has 1 N–H and O–H groups in total. The van der Waals surface area contributed by atoms with Crippen molar-refractivity contribution >= 4 is 23.0 Å². The Hall–Kier alpha value is -4.79. The summed E-state index contributed by atoms with van der Waals surface area (Å²) in [6, 6.07) is 20.6. The molecule has 1 aromatic heterocycles. The molecule has 3 aromatic carbocycles. The Morgan fingerprint density at radius 2 is 1.58 bits per heavy atom. The number of hydrogen-bond donors (Lipinski definition) is 1. The Kier molecular flexibility index (Phi) is 7.20. The second-order valence-corrected chi connectivity index (χ2v) is 7.64. The van der Waals surface area contributed by atoms with E-state index in [4.69, 9.17) is 18.9 Å². The third kappa shape index (κ3) is 4.85. The summed E-state index contributed by atoms with van der Waals surface area (Å²) in [5.41, 5.74) is 1.07. The number of hydrogen-bond acceptors (Lipinski definition) is 7. The van der Waals surface area contributed by atoms with E-state index in [1.165, 1.54) is 21.3 Å². The molecule has 4 aromatic rings. The average molecular weight is 488 g/mol. The number of nitrogens with one attached hydrogen (secondary N) is 1. The normalized spacial score (nSPS) is 10.5. The predicted molar refractivity (Wildman–Crippen MR) is 133 cm³/mol. The van der Waals surface area contributed by atoms with Gasteiger partial charge in [0.05, 0.1) is 39.0 Å². The van der Waals surface area contributed by atoms with Gasteiger partial charge in [-0.15, -0.1) is 0 Å². The monoisotopic (exact) mass is 488 g/mol. The standard InChI is InChI=1S/C27H24N2O7/c1-33-19-11-7-8-17(14-19)25(31)28-16-22-24(30)21-13-12-20(34-2)15-23(21)29(18-9-5-4-6-10-18)26(22)36-27(32)35-3/h4-15H,16H2,1-3H3,(H,28,31). The summed E-state index contributed by atoms with van der Waals surface area (Å²) in [4.78, 5) is 38.7. The van der Waals surface area contributed by atoms with Crippen LogP contribution in [0.5, 0.6) is 17.4 Å². The van der Waals surface area contributed by atoms with E-state index in [0.29, 0.717) is 33.7 Å². The molecular formula is C27H24N2O7. The van der Waals surface area contributed by atoms with Crippen molar-refractivity contribution in [2.45, 2.75) is 6.54 Å². The van der Waals surface area contributed by atoms with Gasteiger partial charge >= 0.3 is 6.16 Å². The number of nitrogens with zero attached hydrogens (tertiary/aromatic N) is 1. The average Bonchev–Trinajstić information content (AvgIpc) is 2.92. The number of aromatic nitrogens is 1. The van der Waals surface area contributed by atoms with Crippen molar-refractivity contribution in [1.82, 2.24) is 9.88 Å². The fourth-order valence-electron chi connectivity index (χ4n) is 3.77. The van der Waals surface area contributed by atoms with Gasteiger partial charge in [-0.1, -0.05) is 24.3 Å². The van der Waals surface area contributed by atoms with E-state index < -0.39 is 17.5 Å². The first kappa shape index (κ1) is 24.3. The maximum Gasteiger partial charge on any atom is 0.514 e. The molecule has 0 aliphatic rings. The maximum absolute atomic E-state index is 13.6. The van der Waals surface area contributed by atoms with E-state index in [2.05, 4.69) is 5.32 Å². The zero-order chi connectivity index (χ0) is 25.7. The van der Waals surface area contributed by atoms with Crippen LogP contribution in [0.3, 0.4) is 0 Å². The summed E-state index contributed by atoms with van der Waals surface area (Å²) < 4.78 is 22.4. The summed E-state index contributed by atoms with van der Waals surface area (Å²) >= 11 is 0. The van der Waals surface area contributed by atoms with Crippen molar-refractivity contribution < 1.29 is 28.5 Å². The van der Waals surface area contributed by atoms with E-state index in [0.717, 1.165) is 0 Å². The molecule has 0 spiro atoms. The molecule has 0 saturated carbocycles.